The van der Waals surface area contributed by atoms with E-state index >= 15 is 0 Å². The first-order valence-corrected chi connectivity index (χ1v) is 11.8. The van der Waals surface area contributed by atoms with Crippen molar-refractivity contribution in [1.29, 1.82) is 0 Å². The Balaban J connectivity index is 1.78. The van der Waals surface area contributed by atoms with Gasteiger partial charge in [0, 0.05) is 57.4 Å². The van der Waals surface area contributed by atoms with Crippen molar-refractivity contribution in [3.63, 3.8) is 0 Å². The molecule has 168 valence electrons. The van der Waals surface area contributed by atoms with Crippen LogP contribution in [0.25, 0.3) is 0 Å². The minimum atomic E-state index is -0.0212. The largest absolute Gasteiger partial charge is 0.354 e. The third-order valence-corrected chi connectivity index (χ3v) is 6.61. The number of hydrogen-bond donors (Lipinski definition) is 1. The van der Waals surface area contributed by atoms with Crippen LogP contribution in [-0.4, -0.2) is 69.7 Å². The molecule has 1 saturated heterocycles. The molecule has 2 aliphatic rings. The maximum atomic E-state index is 13.2. The molecule has 2 heterocycles. The van der Waals surface area contributed by atoms with Gasteiger partial charge in [-0.2, -0.15) is 5.10 Å². The van der Waals surface area contributed by atoms with Gasteiger partial charge in [0.1, 0.15) is 5.69 Å². The Morgan fingerprint density at radius 3 is 2.63 bits per heavy atom. The highest BCUT2D eigenvalue weighted by molar-refractivity contribution is 5.92. The SMILES string of the molecule is CCn1nccc1C(=O)N1CCCN(CC(C)C)C2(CCCCC2)CC(=O)NCC1. The molecule has 0 bridgehead atoms. The third-order valence-electron chi connectivity index (χ3n) is 6.61. The molecule has 0 unspecified atom stereocenters. The van der Waals surface area contributed by atoms with Crippen molar-refractivity contribution in [3.05, 3.63) is 18.0 Å². The molecule has 1 aromatic heterocycles. The second-order valence-corrected chi connectivity index (χ2v) is 9.33. The van der Waals surface area contributed by atoms with Crippen LogP contribution in [0.3, 0.4) is 0 Å². The Morgan fingerprint density at radius 2 is 1.93 bits per heavy atom. The Hall–Kier alpha value is -1.89. The number of amides is 2. The maximum Gasteiger partial charge on any atom is 0.272 e. The van der Waals surface area contributed by atoms with E-state index in [1.165, 1.54) is 19.3 Å². The predicted octanol–water partition coefficient (Wildman–Crippen LogP) is 2.92. The normalized spacial score (nSPS) is 21.5. The number of hydrogen-bond acceptors (Lipinski definition) is 4. The van der Waals surface area contributed by atoms with Crippen LogP contribution in [0.15, 0.2) is 12.3 Å². The Kier molecular flexibility index (Phi) is 7.92. The van der Waals surface area contributed by atoms with Crippen LogP contribution < -0.4 is 5.32 Å². The summed E-state index contributed by atoms with van der Waals surface area (Å²) in [5.41, 5.74) is 0.605. The number of carbonyl (C=O) groups excluding carboxylic acids is 2. The van der Waals surface area contributed by atoms with Gasteiger partial charge in [0.2, 0.25) is 5.91 Å². The molecule has 2 fully saturated rings. The lowest BCUT2D eigenvalue weighted by Gasteiger charge is -2.47. The summed E-state index contributed by atoms with van der Waals surface area (Å²) in [5, 5.41) is 7.35. The van der Waals surface area contributed by atoms with Gasteiger partial charge in [0.25, 0.3) is 5.91 Å². The average molecular weight is 418 g/mol. The first kappa shape index (κ1) is 22.8. The number of carbonyl (C=O) groups is 2. The first-order chi connectivity index (χ1) is 14.4. The Bertz CT molecular complexity index is 708. The molecule has 1 aliphatic carbocycles. The Labute approximate surface area is 181 Å². The fraction of sp³-hybridized carbons (Fsp3) is 0.783. The van der Waals surface area contributed by atoms with Crippen molar-refractivity contribution >= 4 is 11.8 Å². The fourth-order valence-corrected chi connectivity index (χ4v) is 5.16. The number of rotatable bonds is 4. The lowest BCUT2D eigenvalue weighted by molar-refractivity contribution is -0.125. The second kappa shape index (κ2) is 10.4. The van der Waals surface area contributed by atoms with Crippen LogP contribution in [-0.2, 0) is 11.3 Å². The van der Waals surface area contributed by atoms with Gasteiger partial charge in [-0.05, 0) is 38.2 Å². The molecule has 0 aromatic carbocycles. The van der Waals surface area contributed by atoms with E-state index in [1.807, 2.05) is 11.8 Å². The summed E-state index contributed by atoms with van der Waals surface area (Å²) in [7, 11) is 0. The molecule has 1 aliphatic heterocycles. The van der Waals surface area contributed by atoms with Crippen LogP contribution in [0, 0.1) is 5.92 Å². The standard InChI is InChI=1S/C23H39N5O2/c1-4-28-20(9-12-25-28)22(30)26-14-8-15-27(18-19(2)3)23(10-6-5-7-11-23)17-21(29)24-13-16-26/h9,12,19H,4-8,10-11,13-18H2,1-3H3,(H,24,29). The van der Waals surface area contributed by atoms with E-state index in [-0.39, 0.29) is 17.4 Å². The minimum absolute atomic E-state index is 0.00522. The molecule has 30 heavy (non-hydrogen) atoms. The number of aromatic nitrogens is 2. The van der Waals surface area contributed by atoms with Gasteiger partial charge in [-0.3, -0.25) is 19.2 Å². The van der Waals surface area contributed by atoms with Gasteiger partial charge < -0.3 is 10.2 Å². The zero-order valence-corrected chi connectivity index (χ0v) is 19.0. The van der Waals surface area contributed by atoms with Crippen LogP contribution in [0.2, 0.25) is 0 Å². The molecule has 7 heteroatoms. The molecule has 1 saturated carbocycles. The highest BCUT2D eigenvalue weighted by Gasteiger charge is 2.40. The zero-order chi connectivity index (χ0) is 21.6. The Morgan fingerprint density at radius 1 is 1.17 bits per heavy atom. The van der Waals surface area contributed by atoms with E-state index in [4.69, 9.17) is 0 Å². The molecular weight excluding hydrogens is 378 g/mol. The highest BCUT2D eigenvalue weighted by atomic mass is 16.2. The summed E-state index contributed by atoms with van der Waals surface area (Å²) in [6, 6.07) is 1.79. The summed E-state index contributed by atoms with van der Waals surface area (Å²) in [5.74, 6) is 0.679. The number of aryl methyl sites for hydroxylation is 1. The smallest absolute Gasteiger partial charge is 0.272 e. The van der Waals surface area contributed by atoms with Gasteiger partial charge in [-0.15, -0.1) is 0 Å². The van der Waals surface area contributed by atoms with Crippen LogP contribution in [0.4, 0.5) is 0 Å². The quantitative estimate of drug-likeness (QED) is 0.818. The lowest BCUT2D eigenvalue weighted by atomic mass is 9.77. The molecule has 2 amide bonds. The topological polar surface area (TPSA) is 70.5 Å². The van der Waals surface area contributed by atoms with E-state index in [0.717, 1.165) is 32.4 Å². The van der Waals surface area contributed by atoms with Gasteiger partial charge >= 0.3 is 0 Å². The number of nitrogens with one attached hydrogen (secondary N) is 1. The zero-order valence-electron chi connectivity index (χ0n) is 19.0. The molecule has 1 N–H and O–H groups in total. The van der Waals surface area contributed by atoms with Crippen LogP contribution >= 0.6 is 0 Å². The van der Waals surface area contributed by atoms with Gasteiger partial charge in [-0.25, -0.2) is 0 Å². The lowest BCUT2D eigenvalue weighted by Crippen LogP contribution is -2.54. The molecule has 1 aromatic rings. The minimum Gasteiger partial charge on any atom is -0.354 e. The van der Waals surface area contributed by atoms with Gasteiger partial charge in [0.05, 0.1) is 0 Å². The molecular formula is C23H39N5O2. The molecule has 1 spiro atoms. The van der Waals surface area contributed by atoms with E-state index in [2.05, 4.69) is 29.2 Å². The van der Waals surface area contributed by atoms with Crippen LogP contribution in [0.1, 0.15) is 76.2 Å². The van der Waals surface area contributed by atoms with E-state index in [1.54, 1.807) is 16.9 Å². The van der Waals surface area contributed by atoms with Crippen LogP contribution in [0.5, 0.6) is 0 Å². The van der Waals surface area contributed by atoms with E-state index < -0.39 is 0 Å². The van der Waals surface area contributed by atoms with Gasteiger partial charge in [0.15, 0.2) is 0 Å². The van der Waals surface area contributed by atoms with Gasteiger partial charge in [-0.1, -0.05) is 33.1 Å². The van der Waals surface area contributed by atoms with Crippen molar-refractivity contribution in [3.8, 4) is 0 Å². The summed E-state index contributed by atoms with van der Waals surface area (Å²) in [6.45, 7) is 10.8. The molecule has 7 nitrogen and oxygen atoms in total. The second-order valence-electron chi connectivity index (χ2n) is 9.33. The van der Waals surface area contributed by atoms with Crippen molar-refractivity contribution < 1.29 is 9.59 Å². The monoisotopic (exact) mass is 417 g/mol. The van der Waals surface area contributed by atoms with E-state index in [9.17, 15) is 9.59 Å². The first-order valence-electron chi connectivity index (χ1n) is 11.8. The summed E-state index contributed by atoms with van der Waals surface area (Å²) in [4.78, 5) is 30.5. The fourth-order valence-electron chi connectivity index (χ4n) is 5.16. The molecule has 0 radical (unpaired) electrons. The third kappa shape index (κ3) is 5.42. The highest BCUT2D eigenvalue weighted by Crippen LogP contribution is 2.37. The molecule has 3 rings (SSSR count). The van der Waals surface area contributed by atoms with Crippen molar-refractivity contribution in [1.82, 2.24) is 24.9 Å². The summed E-state index contributed by atoms with van der Waals surface area (Å²) >= 11 is 0. The number of nitrogens with zero attached hydrogens (tertiary/aromatic N) is 4. The van der Waals surface area contributed by atoms with Crippen molar-refractivity contribution in [2.24, 2.45) is 5.92 Å². The maximum absolute atomic E-state index is 13.2. The molecule has 0 atom stereocenters. The summed E-state index contributed by atoms with van der Waals surface area (Å²) < 4.78 is 1.74. The van der Waals surface area contributed by atoms with Crippen molar-refractivity contribution in [2.75, 3.05) is 32.7 Å². The average Bonchev–Trinajstić information content (AvgIpc) is 3.19. The van der Waals surface area contributed by atoms with E-state index in [0.29, 0.717) is 44.2 Å². The van der Waals surface area contributed by atoms with Crippen molar-refractivity contribution in [2.45, 2.75) is 77.8 Å². The predicted molar refractivity (Wildman–Crippen MR) is 118 cm³/mol. The summed E-state index contributed by atoms with van der Waals surface area (Å²) in [6.07, 6.45) is 9.07.